The van der Waals surface area contributed by atoms with Gasteiger partial charge in [0.2, 0.25) is 0 Å². The van der Waals surface area contributed by atoms with Crippen LogP contribution in [0, 0.1) is 19.8 Å². The molecular weight excluding hydrogens is 212 g/mol. The van der Waals surface area contributed by atoms with Crippen LogP contribution in [0.1, 0.15) is 42.5 Å². The van der Waals surface area contributed by atoms with Crippen molar-refractivity contribution in [2.45, 2.75) is 46.1 Å². The number of pyridine rings is 1. The third-order valence-electron chi connectivity index (χ3n) is 3.82. The molecule has 1 aromatic rings. The van der Waals surface area contributed by atoms with Gasteiger partial charge in [-0.15, -0.1) is 0 Å². The third-order valence-corrected chi connectivity index (χ3v) is 3.82. The fourth-order valence-electron chi connectivity index (χ4n) is 2.60. The van der Waals surface area contributed by atoms with Crippen LogP contribution in [0.5, 0.6) is 0 Å². The Hall–Kier alpha value is -1.09. The van der Waals surface area contributed by atoms with Gasteiger partial charge in [-0.1, -0.05) is 12.8 Å². The van der Waals surface area contributed by atoms with Crippen LogP contribution in [0.2, 0.25) is 0 Å². The van der Waals surface area contributed by atoms with Gasteiger partial charge in [-0.3, -0.25) is 4.79 Å². The lowest BCUT2D eigenvalue weighted by molar-refractivity contribution is 0.486. The number of rotatable bonds is 4. The smallest absolute Gasteiger partial charge is 0.187 e. The molecule has 1 aliphatic rings. The zero-order chi connectivity index (χ0) is 12.3. The molecule has 0 amide bonds. The van der Waals surface area contributed by atoms with E-state index in [2.05, 4.69) is 10.3 Å². The number of hydrogen-bond donors (Lipinski definition) is 2. The van der Waals surface area contributed by atoms with Crippen molar-refractivity contribution in [2.75, 3.05) is 6.54 Å². The second-order valence-electron chi connectivity index (χ2n) is 5.19. The molecule has 2 N–H and O–H groups in total. The first-order valence-corrected chi connectivity index (χ1v) is 6.57. The molecule has 3 nitrogen and oxygen atoms in total. The van der Waals surface area contributed by atoms with Gasteiger partial charge in [0.05, 0.1) is 0 Å². The number of nitrogens with one attached hydrogen (secondary N) is 2. The van der Waals surface area contributed by atoms with E-state index < -0.39 is 0 Å². The molecule has 2 rings (SSSR count). The van der Waals surface area contributed by atoms with E-state index in [0.717, 1.165) is 35.8 Å². The molecule has 17 heavy (non-hydrogen) atoms. The average molecular weight is 234 g/mol. The summed E-state index contributed by atoms with van der Waals surface area (Å²) in [7, 11) is 0. The lowest BCUT2D eigenvalue weighted by Gasteiger charge is -2.12. The van der Waals surface area contributed by atoms with Gasteiger partial charge in [-0.2, -0.15) is 0 Å². The van der Waals surface area contributed by atoms with Gasteiger partial charge in [0.1, 0.15) is 0 Å². The third kappa shape index (κ3) is 2.97. The van der Waals surface area contributed by atoms with Gasteiger partial charge < -0.3 is 10.3 Å². The van der Waals surface area contributed by atoms with E-state index >= 15 is 0 Å². The molecule has 0 saturated heterocycles. The summed E-state index contributed by atoms with van der Waals surface area (Å²) in [5.74, 6) is 0.840. The molecule has 0 unspecified atom stereocenters. The van der Waals surface area contributed by atoms with Crippen molar-refractivity contribution in [2.24, 2.45) is 5.92 Å². The predicted molar refractivity (Wildman–Crippen MR) is 70.2 cm³/mol. The van der Waals surface area contributed by atoms with E-state index in [0.29, 0.717) is 0 Å². The standard InChI is InChI=1S/C14H22N2O/c1-10-7-16-13(11(2)14(10)17)9-15-8-12-5-3-4-6-12/h7,12,15H,3-6,8-9H2,1-2H3,(H,16,17). The van der Waals surface area contributed by atoms with Gasteiger partial charge >= 0.3 is 0 Å². The van der Waals surface area contributed by atoms with E-state index in [-0.39, 0.29) is 5.43 Å². The van der Waals surface area contributed by atoms with Crippen molar-refractivity contribution >= 4 is 0 Å². The molecule has 1 heterocycles. The van der Waals surface area contributed by atoms with Crippen molar-refractivity contribution in [1.82, 2.24) is 10.3 Å². The Morgan fingerprint density at radius 3 is 2.76 bits per heavy atom. The molecule has 3 heteroatoms. The quantitative estimate of drug-likeness (QED) is 0.839. The van der Waals surface area contributed by atoms with E-state index in [1.807, 2.05) is 20.0 Å². The summed E-state index contributed by atoms with van der Waals surface area (Å²) in [6, 6.07) is 0. The molecule has 1 aliphatic carbocycles. The zero-order valence-corrected chi connectivity index (χ0v) is 10.8. The number of aromatic nitrogens is 1. The molecule has 1 aromatic heterocycles. The minimum atomic E-state index is 0.168. The average Bonchev–Trinajstić information content (AvgIpc) is 2.82. The Kier molecular flexibility index (Phi) is 4.00. The summed E-state index contributed by atoms with van der Waals surface area (Å²) in [4.78, 5) is 15.0. The Balaban J connectivity index is 1.90. The van der Waals surface area contributed by atoms with E-state index in [1.54, 1.807) is 0 Å². The minimum Gasteiger partial charge on any atom is -0.363 e. The molecule has 0 atom stereocenters. The highest BCUT2D eigenvalue weighted by Gasteiger charge is 2.14. The number of hydrogen-bond acceptors (Lipinski definition) is 2. The topological polar surface area (TPSA) is 44.9 Å². The van der Waals surface area contributed by atoms with Crippen LogP contribution >= 0.6 is 0 Å². The van der Waals surface area contributed by atoms with E-state index in [1.165, 1.54) is 25.7 Å². The summed E-state index contributed by atoms with van der Waals surface area (Å²) >= 11 is 0. The van der Waals surface area contributed by atoms with Crippen LogP contribution in [0.4, 0.5) is 0 Å². The van der Waals surface area contributed by atoms with Gasteiger partial charge in [-0.25, -0.2) is 0 Å². The van der Waals surface area contributed by atoms with Crippen LogP contribution in [-0.4, -0.2) is 11.5 Å². The highest BCUT2D eigenvalue weighted by Crippen LogP contribution is 2.23. The Morgan fingerprint density at radius 1 is 1.35 bits per heavy atom. The van der Waals surface area contributed by atoms with Crippen LogP contribution in [-0.2, 0) is 6.54 Å². The predicted octanol–water partition coefficient (Wildman–Crippen LogP) is 2.27. The maximum absolute atomic E-state index is 11.8. The Labute approximate surface area is 103 Å². The molecule has 0 spiro atoms. The number of H-pyrrole nitrogens is 1. The van der Waals surface area contributed by atoms with Gasteiger partial charge in [0.25, 0.3) is 0 Å². The lowest BCUT2D eigenvalue weighted by Crippen LogP contribution is -2.24. The summed E-state index contributed by atoms with van der Waals surface area (Å²) in [5.41, 5.74) is 2.84. The second kappa shape index (κ2) is 5.50. The van der Waals surface area contributed by atoms with Gasteiger partial charge in [0, 0.05) is 29.6 Å². The Bertz CT molecular complexity index is 430. The molecule has 1 saturated carbocycles. The molecule has 0 aliphatic heterocycles. The van der Waals surface area contributed by atoms with Gasteiger partial charge in [-0.05, 0) is 39.2 Å². The normalized spacial score (nSPS) is 16.6. The highest BCUT2D eigenvalue weighted by atomic mass is 16.1. The zero-order valence-electron chi connectivity index (χ0n) is 10.8. The fourth-order valence-corrected chi connectivity index (χ4v) is 2.60. The van der Waals surface area contributed by atoms with Crippen molar-refractivity contribution < 1.29 is 0 Å². The SMILES string of the molecule is Cc1c[nH]c(CNCC2CCCC2)c(C)c1=O. The maximum Gasteiger partial charge on any atom is 0.187 e. The van der Waals surface area contributed by atoms with Crippen molar-refractivity contribution in [3.05, 3.63) is 33.2 Å². The molecular formula is C14H22N2O. The summed E-state index contributed by atoms with van der Waals surface area (Å²) in [6.45, 7) is 5.60. The summed E-state index contributed by atoms with van der Waals surface area (Å²) in [6.07, 6.45) is 7.29. The van der Waals surface area contributed by atoms with Crippen molar-refractivity contribution in [3.63, 3.8) is 0 Å². The van der Waals surface area contributed by atoms with Crippen LogP contribution in [0.3, 0.4) is 0 Å². The van der Waals surface area contributed by atoms with Crippen molar-refractivity contribution in [1.29, 1.82) is 0 Å². The highest BCUT2D eigenvalue weighted by molar-refractivity contribution is 5.23. The minimum absolute atomic E-state index is 0.168. The lowest BCUT2D eigenvalue weighted by atomic mass is 10.1. The first-order chi connectivity index (χ1) is 8.18. The van der Waals surface area contributed by atoms with Crippen molar-refractivity contribution in [3.8, 4) is 0 Å². The molecule has 94 valence electrons. The monoisotopic (exact) mass is 234 g/mol. The van der Waals surface area contributed by atoms with E-state index in [9.17, 15) is 4.79 Å². The summed E-state index contributed by atoms with van der Waals surface area (Å²) in [5, 5.41) is 3.46. The maximum atomic E-state index is 11.8. The largest absolute Gasteiger partial charge is 0.363 e. The molecule has 1 fully saturated rings. The fraction of sp³-hybridized carbons (Fsp3) is 0.643. The first kappa shape index (κ1) is 12.4. The second-order valence-corrected chi connectivity index (χ2v) is 5.19. The number of aromatic amines is 1. The van der Waals surface area contributed by atoms with Gasteiger partial charge in [0.15, 0.2) is 5.43 Å². The molecule has 0 bridgehead atoms. The van der Waals surface area contributed by atoms with Crippen LogP contribution in [0.25, 0.3) is 0 Å². The molecule has 0 aromatic carbocycles. The van der Waals surface area contributed by atoms with Crippen LogP contribution < -0.4 is 10.7 Å². The number of aryl methyl sites for hydroxylation is 1. The molecule has 0 radical (unpaired) electrons. The van der Waals surface area contributed by atoms with Crippen LogP contribution in [0.15, 0.2) is 11.0 Å². The van der Waals surface area contributed by atoms with E-state index in [4.69, 9.17) is 0 Å². The Morgan fingerprint density at radius 2 is 2.06 bits per heavy atom. The summed E-state index contributed by atoms with van der Waals surface area (Å²) < 4.78 is 0. The first-order valence-electron chi connectivity index (χ1n) is 6.57.